The van der Waals surface area contributed by atoms with E-state index in [1.807, 2.05) is 18.5 Å². The lowest BCUT2D eigenvalue weighted by molar-refractivity contribution is -0.617. The minimum Gasteiger partial charge on any atom is -0.455 e. The Morgan fingerprint density at radius 2 is 1.52 bits per heavy atom. The molecule has 7 aromatic rings. The molecule has 0 saturated carbocycles. The molecule has 7 heteroatoms. The molecule has 242 valence electrons. The largest absolute Gasteiger partial charge is 0.455 e. The van der Waals surface area contributed by atoms with E-state index in [0.717, 1.165) is 56.4 Å². The number of para-hydroxylation sites is 2. The van der Waals surface area contributed by atoms with Gasteiger partial charge in [-0.1, -0.05) is 58.0 Å². The Bertz CT molecular complexity index is 2420. The lowest BCUT2D eigenvalue weighted by Gasteiger charge is -2.32. The predicted octanol–water partition coefficient (Wildman–Crippen LogP) is 9.60. The molecule has 8 rings (SSSR count). The zero-order chi connectivity index (χ0) is 33.6. The summed E-state index contributed by atoms with van der Waals surface area (Å²) in [7, 11) is 4.30. The van der Waals surface area contributed by atoms with Crippen molar-refractivity contribution in [3.05, 3.63) is 101 Å². The van der Waals surface area contributed by atoms with Crippen LogP contribution < -0.4 is 19.1 Å². The van der Waals surface area contributed by atoms with Gasteiger partial charge in [0.25, 0.3) is 5.65 Å². The van der Waals surface area contributed by atoms with Gasteiger partial charge in [-0.3, -0.25) is 4.98 Å². The van der Waals surface area contributed by atoms with E-state index < -0.39 is 0 Å². The van der Waals surface area contributed by atoms with Gasteiger partial charge in [-0.05, 0) is 80.1 Å². The van der Waals surface area contributed by atoms with Crippen molar-refractivity contribution in [3.63, 3.8) is 0 Å². The summed E-state index contributed by atoms with van der Waals surface area (Å²) in [6.07, 6.45) is 3.91. The van der Waals surface area contributed by atoms with Crippen molar-refractivity contribution < 1.29 is 9.30 Å². The molecule has 1 aliphatic heterocycles. The monoisotopic (exact) mass is 635 g/mol. The Balaban J connectivity index is 1.38. The van der Waals surface area contributed by atoms with Gasteiger partial charge in [-0.15, -0.1) is 0 Å². The third-order valence-corrected chi connectivity index (χ3v) is 10.5. The number of nitrogens with zero attached hydrogens (tertiary/aromatic N) is 6. The number of rotatable bonds is 5. The fraction of sp³-hybridized carbons (Fsp3) is 0.293. The van der Waals surface area contributed by atoms with E-state index in [4.69, 9.17) is 14.7 Å². The van der Waals surface area contributed by atoms with Crippen LogP contribution in [0.3, 0.4) is 0 Å². The van der Waals surface area contributed by atoms with Crippen LogP contribution in [0.4, 0.5) is 17.2 Å². The van der Waals surface area contributed by atoms with Crippen LogP contribution in [-0.2, 0) is 7.05 Å². The fourth-order valence-electron chi connectivity index (χ4n) is 7.88. The van der Waals surface area contributed by atoms with Gasteiger partial charge in [-0.25, -0.2) is 9.55 Å². The van der Waals surface area contributed by atoms with E-state index in [1.165, 1.54) is 33.1 Å². The summed E-state index contributed by atoms with van der Waals surface area (Å²) in [5.74, 6) is 3.22. The van der Waals surface area contributed by atoms with Crippen LogP contribution in [-0.4, -0.2) is 27.6 Å². The molecule has 0 N–H and O–H groups in total. The van der Waals surface area contributed by atoms with E-state index in [0.29, 0.717) is 11.8 Å². The first kappa shape index (κ1) is 30.2. The molecule has 0 aliphatic carbocycles. The Morgan fingerprint density at radius 1 is 0.771 bits per heavy atom. The number of imidazole rings is 1. The van der Waals surface area contributed by atoms with Crippen molar-refractivity contribution in [2.45, 2.75) is 66.5 Å². The van der Waals surface area contributed by atoms with Crippen molar-refractivity contribution in [3.8, 4) is 11.5 Å². The third-order valence-electron chi connectivity index (χ3n) is 10.5. The van der Waals surface area contributed by atoms with Crippen LogP contribution in [0.5, 0.6) is 11.5 Å². The average molecular weight is 636 g/mol. The summed E-state index contributed by atoms with van der Waals surface area (Å²) in [6.45, 7) is 15.6. The van der Waals surface area contributed by atoms with Gasteiger partial charge in [-0.2, -0.15) is 4.40 Å². The first-order chi connectivity index (χ1) is 23.1. The van der Waals surface area contributed by atoms with Gasteiger partial charge >= 0.3 is 0 Å². The molecule has 0 saturated heterocycles. The van der Waals surface area contributed by atoms with Gasteiger partial charge < -0.3 is 14.5 Å². The van der Waals surface area contributed by atoms with Crippen LogP contribution in [0.2, 0.25) is 0 Å². The van der Waals surface area contributed by atoms with Crippen LogP contribution in [0.15, 0.2) is 79.1 Å². The number of anilines is 3. The topological polar surface area (TPSA) is 49.8 Å². The lowest BCUT2D eigenvalue weighted by Crippen LogP contribution is -2.36. The number of aryl methyl sites for hydroxylation is 2. The lowest BCUT2D eigenvalue weighted by atomic mass is 9.95. The molecule has 48 heavy (non-hydrogen) atoms. The molecule has 0 spiro atoms. The Labute approximate surface area is 282 Å². The molecular weight excluding hydrogens is 592 g/mol. The Kier molecular flexibility index (Phi) is 6.88. The highest BCUT2D eigenvalue weighted by Crippen LogP contribution is 2.48. The van der Waals surface area contributed by atoms with Crippen molar-refractivity contribution in [2.75, 3.05) is 16.8 Å². The van der Waals surface area contributed by atoms with Crippen molar-refractivity contribution in [2.24, 2.45) is 7.05 Å². The average Bonchev–Trinajstić information content (AvgIpc) is 3.52. The molecule has 3 aromatic carbocycles. The van der Waals surface area contributed by atoms with E-state index in [2.05, 4.69) is 142 Å². The highest BCUT2D eigenvalue weighted by Gasteiger charge is 2.36. The summed E-state index contributed by atoms with van der Waals surface area (Å²) in [4.78, 5) is 14.7. The summed E-state index contributed by atoms with van der Waals surface area (Å²) in [5, 5.41) is 2.31. The Morgan fingerprint density at radius 3 is 2.29 bits per heavy atom. The van der Waals surface area contributed by atoms with Crippen molar-refractivity contribution in [1.82, 2.24) is 14.4 Å². The minimum atomic E-state index is 0.102. The van der Waals surface area contributed by atoms with E-state index in [1.54, 1.807) is 0 Å². The van der Waals surface area contributed by atoms with Crippen molar-refractivity contribution in [1.29, 1.82) is 0 Å². The van der Waals surface area contributed by atoms with Crippen LogP contribution in [0.1, 0.15) is 68.7 Å². The second kappa shape index (κ2) is 10.9. The quantitative estimate of drug-likeness (QED) is 0.139. The number of aromatic nitrogens is 4. The predicted molar refractivity (Wildman–Crippen MR) is 197 cm³/mol. The molecule has 4 aromatic heterocycles. The van der Waals surface area contributed by atoms with Gasteiger partial charge in [0.05, 0.1) is 40.9 Å². The first-order valence-corrected chi connectivity index (χ1v) is 17.0. The molecule has 0 radical (unpaired) electrons. The number of pyridine rings is 3. The van der Waals surface area contributed by atoms with Gasteiger partial charge in [0.15, 0.2) is 16.9 Å². The SMILES string of the molecule is Cc1c(Oc2cnc3c4c(C(C)C)cccc4n4c5ccccc5[n+](C)c4c3c2C)ccc(C(C)C)c1N1c2ncccc2N(C)[C@H]1C. The molecule has 1 atom stereocenters. The second-order valence-electron chi connectivity index (χ2n) is 13.9. The summed E-state index contributed by atoms with van der Waals surface area (Å²) >= 11 is 0. The maximum Gasteiger partial charge on any atom is 0.297 e. The maximum absolute atomic E-state index is 6.94. The third kappa shape index (κ3) is 4.16. The zero-order valence-electron chi connectivity index (χ0n) is 29.3. The minimum absolute atomic E-state index is 0.102. The van der Waals surface area contributed by atoms with E-state index in [9.17, 15) is 0 Å². The smallest absolute Gasteiger partial charge is 0.297 e. The molecule has 0 amide bonds. The zero-order valence-corrected chi connectivity index (χ0v) is 29.3. The highest BCUT2D eigenvalue weighted by atomic mass is 16.5. The van der Waals surface area contributed by atoms with E-state index >= 15 is 0 Å². The van der Waals surface area contributed by atoms with Gasteiger partial charge in [0, 0.05) is 24.4 Å². The summed E-state index contributed by atoms with van der Waals surface area (Å²) in [6, 6.07) is 23.8. The van der Waals surface area contributed by atoms with Crippen LogP contribution in [0.25, 0.3) is 38.5 Å². The van der Waals surface area contributed by atoms with E-state index in [-0.39, 0.29) is 6.17 Å². The normalized spacial score (nSPS) is 14.9. The number of fused-ring (bicyclic) bond motifs is 9. The standard InChI is InChI=1S/C41H43N6O/c1-23(2)28-14-12-17-32-37(28)38-36(41-45(9)30-15-10-11-16-31(30)47(32)41)25(5)35(22-43-38)48-34-20-19-29(24(3)4)39(26(34)6)46-27(7)44(8)33-18-13-21-42-40(33)46/h10-24,27H,1-9H3/q+1/t27-/m1/s1. The molecular formula is C41H43N6O+. The summed E-state index contributed by atoms with van der Waals surface area (Å²) in [5.41, 5.74) is 12.7. The van der Waals surface area contributed by atoms with Crippen LogP contribution >= 0.6 is 0 Å². The second-order valence-corrected chi connectivity index (χ2v) is 13.9. The molecule has 0 fully saturated rings. The number of hydrogen-bond acceptors (Lipinski definition) is 5. The fourth-order valence-corrected chi connectivity index (χ4v) is 7.88. The Hall–Kier alpha value is -5.17. The van der Waals surface area contributed by atoms with Gasteiger partial charge in [0.1, 0.15) is 23.2 Å². The first-order valence-electron chi connectivity index (χ1n) is 17.0. The number of benzene rings is 3. The maximum atomic E-state index is 6.94. The number of ether oxygens (including phenoxy) is 1. The molecule has 0 bridgehead atoms. The molecule has 1 aliphatic rings. The molecule has 7 nitrogen and oxygen atoms in total. The van der Waals surface area contributed by atoms with Crippen molar-refractivity contribution >= 4 is 55.7 Å². The summed E-state index contributed by atoms with van der Waals surface area (Å²) < 4.78 is 11.7. The van der Waals surface area contributed by atoms with Gasteiger partial charge in [0.2, 0.25) is 0 Å². The number of hydrogen-bond donors (Lipinski definition) is 0. The molecule has 0 unspecified atom stereocenters. The highest BCUT2D eigenvalue weighted by molar-refractivity contribution is 6.13. The van der Waals surface area contributed by atoms with Crippen LogP contribution in [0, 0.1) is 13.8 Å². The molecule has 5 heterocycles.